The SMILES string of the molecule is Cc1cccc(Oc2ccccc2NC(=O)NCC(O)COCC(C)C)c1. The average Bonchev–Trinajstić information content (AvgIpc) is 2.61. The predicted octanol–water partition coefficient (Wildman–Crippen LogP) is 3.94. The van der Waals surface area contributed by atoms with Gasteiger partial charge in [-0.2, -0.15) is 0 Å². The molecule has 2 aromatic rings. The highest BCUT2D eigenvalue weighted by molar-refractivity contribution is 5.90. The Morgan fingerprint density at radius 3 is 2.63 bits per heavy atom. The molecule has 0 bridgehead atoms. The summed E-state index contributed by atoms with van der Waals surface area (Å²) in [4.78, 5) is 12.1. The summed E-state index contributed by atoms with van der Waals surface area (Å²) in [6, 6.07) is 14.5. The number of benzene rings is 2. The number of aryl methyl sites for hydroxylation is 1. The van der Waals surface area contributed by atoms with Crippen molar-refractivity contribution in [3.63, 3.8) is 0 Å². The van der Waals surface area contributed by atoms with E-state index >= 15 is 0 Å². The molecule has 0 radical (unpaired) electrons. The molecule has 2 aromatic carbocycles. The van der Waals surface area contributed by atoms with Crippen LogP contribution in [0.4, 0.5) is 10.5 Å². The number of aliphatic hydroxyl groups is 1. The highest BCUT2D eigenvalue weighted by Crippen LogP contribution is 2.29. The number of aliphatic hydroxyl groups excluding tert-OH is 1. The van der Waals surface area contributed by atoms with Gasteiger partial charge in [-0.05, 0) is 42.7 Å². The lowest BCUT2D eigenvalue weighted by Gasteiger charge is -2.15. The number of urea groups is 1. The zero-order valence-electron chi connectivity index (χ0n) is 16.1. The molecule has 0 saturated heterocycles. The summed E-state index contributed by atoms with van der Waals surface area (Å²) < 4.78 is 11.2. The van der Waals surface area contributed by atoms with E-state index in [1.54, 1.807) is 12.1 Å². The van der Waals surface area contributed by atoms with Crippen LogP contribution >= 0.6 is 0 Å². The summed E-state index contributed by atoms with van der Waals surface area (Å²) in [5.74, 6) is 1.64. The molecule has 1 atom stereocenters. The van der Waals surface area contributed by atoms with Crippen LogP contribution in [0.5, 0.6) is 11.5 Å². The molecule has 0 saturated carbocycles. The van der Waals surface area contributed by atoms with Gasteiger partial charge in [-0.3, -0.25) is 0 Å². The van der Waals surface area contributed by atoms with Crippen molar-refractivity contribution >= 4 is 11.7 Å². The third-order valence-corrected chi connectivity index (χ3v) is 3.61. The van der Waals surface area contributed by atoms with Crippen molar-refractivity contribution < 1.29 is 19.4 Å². The summed E-state index contributed by atoms with van der Waals surface area (Å²) in [6.07, 6.45) is -0.756. The number of carbonyl (C=O) groups is 1. The van der Waals surface area contributed by atoms with Gasteiger partial charge < -0.3 is 25.2 Å². The largest absolute Gasteiger partial charge is 0.455 e. The molecule has 2 amide bonds. The first-order valence-electron chi connectivity index (χ1n) is 9.08. The average molecular weight is 372 g/mol. The van der Waals surface area contributed by atoms with Gasteiger partial charge in [-0.1, -0.05) is 38.1 Å². The Morgan fingerprint density at radius 1 is 1.11 bits per heavy atom. The van der Waals surface area contributed by atoms with Crippen LogP contribution in [0.15, 0.2) is 48.5 Å². The Hall–Kier alpha value is -2.57. The number of carbonyl (C=O) groups excluding carboxylic acids is 1. The van der Waals surface area contributed by atoms with Crippen LogP contribution in [0, 0.1) is 12.8 Å². The van der Waals surface area contributed by atoms with Gasteiger partial charge in [-0.15, -0.1) is 0 Å². The fourth-order valence-electron chi connectivity index (χ4n) is 2.34. The zero-order chi connectivity index (χ0) is 19.6. The third-order valence-electron chi connectivity index (χ3n) is 3.61. The number of rotatable bonds is 9. The second-order valence-corrected chi connectivity index (χ2v) is 6.83. The lowest BCUT2D eigenvalue weighted by atomic mass is 10.2. The van der Waals surface area contributed by atoms with E-state index in [4.69, 9.17) is 9.47 Å². The Balaban J connectivity index is 1.87. The molecule has 6 nitrogen and oxygen atoms in total. The summed E-state index contributed by atoms with van der Waals surface area (Å²) in [7, 11) is 0. The summed E-state index contributed by atoms with van der Waals surface area (Å²) in [5.41, 5.74) is 1.63. The van der Waals surface area contributed by atoms with E-state index in [1.165, 1.54) is 0 Å². The Bertz CT molecular complexity index is 734. The minimum Gasteiger partial charge on any atom is -0.455 e. The second-order valence-electron chi connectivity index (χ2n) is 6.83. The smallest absolute Gasteiger partial charge is 0.319 e. The fourth-order valence-corrected chi connectivity index (χ4v) is 2.34. The van der Waals surface area contributed by atoms with Crippen molar-refractivity contribution in [3.05, 3.63) is 54.1 Å². The Labute approximate surface area is 160 Å². The Morgan fingerprint density at radius 2 is 1.89 bits per heavy atom. The van der Waals surface area contributed by atoms with Gasteiger partial charge in [0.15, 0.2) is 5.75 Å². The van der Waals surface area contributed by atoms with Crippen LogP contribution in [0.2, 0.25) is 0 Å². The van der Waals surface area contributed by atoms with Crippen LogP contribution in [0.1, 0.15) is 19.4 Å². The number of para-hydroxylation sites is 2. The second kappa shape index (κ2) is 10.5. The van der Waals surface area contributed by atoms with E-state index in [0.717, 1.165) is 5.56 Å². The van der Waals surface area contributed by atoms with Crippen LogP contribution in [0.25, 0.3) is 0 Å². The normalized spacial score (nSPS) is 11.9. The minimum atomic E-state index is -0.756. The molecule has 0 aliphatic rings. The van der Waals surface area contributed by atoms with Gasteiger partial charge in [0.1, 0.15) is 5.75 Å². The topological polar surface area (TPSA) is 79.8 Å². The highest BCUT2D eigenvalue weighted by Gasteiger charge is 2.11. The molecule has 27 heavy (non-hydrogen) atoms. The predicted molar refractivity (Wildman–Crippen MR) is 106 cm³/mol. The Kier molecular flexibility index (Phi) is 8.10. The first kappa shape index (κ1) is 20.7. The van der Waals surface area contributed by atoms with Crippen LogP contribution in [0.3, 0.4) is 0 Å². The summed E-state index contributed by atoms with van der Waals surface area (Å²) >= 11 is 0. The number of anilines is 1. The molecule has 0 fully saturated rings. The molecular formula is C21H28N2O4. The molecule has 2 rings (SSSR count). The van der Waals surface area contributed by atoms with Crippen LogP contribution in [-0.2, 0) is 4.74 Å². The molecule has 3 N–H and O–H groups in total. The standard InChI is InChI=1S/C21H28N2O4/c1-15(2)13-26-14-17(24)12-22-21(25)23-19-9-4-5-10-20(19)27-18-8-6-7-16(3)11-18/h4-11,15,17,24H,12-14H2,1-3H3,(H2,22,23,25). The van der Waals surface area contributed by atoms with E-state index in [9.17, 15) is 9.90 Å². The molecule has 0 spiro atoms. The molecule has 6 heteroatoms. The maximum Gasteiger partial charge on any atom is 0.319 e. The van der Waals surface area contributed by atoms with Gasteiger partial charge in [0, 0.05) is 13.2 Å². The number of hydrogen-bond acceptors (Lipinski definition) is 4. The molecule has 0 heterocycles. The monoisotopic (exact) mass is 372 g/mol. The van der Waals surface area contributed by atoms with Crippen molar-refractivity contribution in [1.29, 1.82) is 0 Å². The first-order chi connectivity index (χ1) is 12.9. The number of amides is 2. The van der Waals surface area contributed by atoms with Gasteiger partial charge in [0.05, 0.1) is 18.4 Å². The van der Waals surface area contributed by atoms with Crippen molar-refractivity contribution in [3.8, 4) is 11.5 Å². The van der Waals surface area contributed by atoms with E-state index < -0.39 is 12.1 Å². The number of nitrogens with one attached hydrogen (secondary N) is 2. The van der Waals surface area contributed by atoms with Crippen molar-refractivity contribution in [1.82, 2.24) is 5.32 Å². The molecule has 0 aliphatic carbocycles. The van der Waals surface area contributed by atoms with E-state index in [0.29, 0.717) is 29.7 Å². The highest BCUT2D eigenvalue weighted by atomic mass is 16.5. The lowest BCUT2D eigenvalue weighted by molar-refractivity contribution is 0.0274. The fraction of sp³-hybridized carbons (Fsp3) is 0.381. The molecule has 0 aliphatic heterocycles. The van der Waals surface area contributed by atoms with Crippen LogP contribution in [-0.4, -0.2) is 37.0 Å². The van der Waals surface area contributed by atoms with Crippen LogP contribution < -0.4 is 15.4 Å². The van der Waals surface area contributed by atoms with Gasteiger partial charge in [0.2, 0.25) is 0 Å². The third kappa shape index (κ3) is 7.68. The molecule has 1 unspecified atom stereocenters. The van der Waals surface area contributed by atoms with Crippen molar-refractivity contribution in [2.75, 3.05) is 25.1 Å². The molecule has 146 valence electrons. The van der Waals surface area contributed by atoms with E-state index in [-0.39, 0.29) is 13.2 Å². The quantitative estimate of drug-likeness (QED) is 0.623. The van der Waals surface area contributed by atoms with Gasteiger partial charge in [-0.25, -0.2) is 4.79 Å². The van der Waals surface area contributed by atoms with E-state index in [1.807, 2.05) is 57.2 Å². The minimum absolute atomic E-state index is 0.102. The number of ether oxygens (including phenoxy) is 2. The molecule has 0 aromatic heterocycles. The first-order valence-corrected chi connectivity index (χ1v) is 9.08. The lowest BCUT2D eigenvalue weighted by Crippen LogP contribution is -2.37. The maximum atomic E-state index is 12.1. The van der Waals surface area contributed by atoms with Crippen molar-refractivity contribution in [2.24, 2.45) is 5.92 Å². The van der Waals surface area contributed by atoms with Gasteiger partial charge >= 0.3 is 6.03 Å². The summed E-state index contributed by atoms with van der Waals surface area (Å²) in [5, 5.41) is 15.2. The van der Waals surface area contributed by atoms with Crippen molar-refractivity contribution in [2.45, 2.75) is 26.9 Å². The summed E-state index contributed by atoms with van der Waals surface area (Å²) in [6.45, 7) is 6.92. The molecular weight excluding hydrogens is 344 g/mol. The maximum absolute atomic E-state index is 12.1. The van der Waals surface area contributed by atoms with Gasteiger partial charge in [0.25, 0.3) is 0 Å². The number of hydrogen-bond donors (Lipinski definition) is 3. The van der Waals surface area contributed by atoms with E-state index in [2.05, 4.69) is 10.6 Å². The zero-order valence-corrected chi connectivity index (χ0v) is 16.1.